The first-order valence-electron chi connectivity index (χ1n) is 10.0. The quantitative estimate of drug-likeness (QED) is 0.322. The molecule has 1 atom stereocenters. The molecule has 2 heterocycles. The number of benzene rings is 1. The highest BCUT2D eigenvalue weighted by atomic mass is 16.5. The van der Waals surface area contributed by atoms with Gasteiger partial charge in [-0.05, 0) is 37.0 Å². The molecule has 0 spiro atoms. The van der Waals surface area contributed by atoms with E-state index >= 15 is 0 Å². The molecule has 2 amide bonds. The molecule has 1 saturated heterocycles. The second-order valence-electron chi connectivity index (χ2n) is 7.34. The number of likely N-dealkylation sites (tertiary alicyclic amines) is 1. The van der Waals surface area contributed by atoms with Crippen LogP contribution in [0.25, 0.3) is 11.0 Å². The van der Waals surface area contributed by atoms with E-state index in [1.807, 2.05) is 18.2 Å². The summed E-state index contributed by atoms with van der Waals surface area (Å²) in [6, 6.07) is 5.12. The number of likely N-dealkylation sites (N-methyl/N-ethyl adjacent to an activating group) is 1. The van der Waals surface area contributed by atoms with Crippen LogP contribution in [0.15, 0.2) is 23.0 Å². The minimum Gasteiger partial charge on any atom is -0.379 e. The van der Waals surface area contributed by atoms with Crippen LogP contribution in [0.3, 0.4) is 0 Å². The van der Waals surface area contributed by atoms with Gasteiger partial charge in [-0.2, -0.15) is 0 Å². The fourth-order valence-corrected chi connectivity index (χ4v) is 3.73. The first-order chi connectivity index (χ1) is 14.5. The number of carbonyl (C=O) groups excluding carboxylic acids is 3. The average Bonchev–Trinajstić information content (AvgIpc) is 2.99. The maximum Gasteiger partial charge on any atom is 0.329 e. The van der Waals surface area contributed by atoms with Crippen molar-refractivity contribution in [2.24, 2.45) is 7.05 Å². The summed E-state index contributed by atoms with van der Waals surface area (Å²) in [5.41, 5.74) is 2.25. The lowest BCUT2D eigenvalue weighted by Crippen LogP contribution is -2.45. The molecule has 30 heavy (non-hydrogen) atoms. The molecule has 1 aromatic heterocycles. The van der Waals surface area contributed by atoms with Crippen molar-refractivity contribution < 1.29 is 23.9 Å². The number of rotatable bonds is 10. The third-order valence-corrected chi connectivity index (χ3v) is 5.40. The zero-order chi connectivity index (χ0) is 21.7. The molecule has 0 radical (unpaired) electrons. The van der Waals surface area contributed by atoms with Gasteiger partial charge in [0.25, 0.3) is 5.91 Å². The summed E-state index contributed by atoms with van der Waals surface area (Å²) >= 11 is 0. The molecule has 2 aromatic rings. The van der Waals surface area contributed by atoms with Crippen LogP contribution >= 0.6 is 0 Å². The number of hydrogen-bond acceptors (Lipinski definition) is 6. The highest BCUT2D eigenvalue weighted by Crippen LogP contribution is 2.26. The lowest BCUT2D eigenvalue weighted by Gasteiger charge is -2.28. The molecule has 1 fully saturated rings. The Morgan fingerprint density at radius 3 is 2.60 bits per heavy atom. The van der Waals surface area contributed by atoms with Crippen molar-refractivity contribution in [2.45, 2.75) is 31.7 Å². The molecular weight excluding hydrogens is 390 g/mol. The van der Waals surface area contributed by atoms with E-state index in [2.05, 4.69) is 0 Å². The summed E-state index contributed by atoms with van der Waals surface area (Å²) in [5, 5.41) is 0. The second-order valence-corrected chi connectivity index (χ2v) is 7.34. The van der Waals surface area contributed by atoms with Crippen LogP contribution in [-0.2, 0) is 37.3 Å². The summed E-state index contributed by atoms with van der Waals surface area (Å²) < 4.78 is 13.5. The maximum absolute atomic E-state index is 12.9. The van der Waals surface area contributed by atoms with Crippen LogP contribution in [-0.4, -0.2) is 65.6 Å². The molecule has 162 valence electrons. The molecule has 9 nitrogen and oxygen atoms in total. The fourth-order valence-electron chi connectivity index (χ4n) is 3.73. The SMILES string of the molecule is CN1C(=O)CCC(n2c(=O)n(C)c3cc(CCCOCCOCC=O)ccc32)C1=O. The topological polar surface area (TPSA) is 99.8 Å². The monoisotopic (exact) mass is 417 g/mol. The number of piperidine rings is 1. The third kappa shape index (κ3) is 4.52. The standard InChI is InChI=1S/C21H27N3O6/c1-22-18-14-15(4-3-10-29-12-13-30-11-9-25)5-6-16(18)24(21(22)28)17-7-8-19(26)23(2)20(17)27/h5-6,9,14,17H,3-4,7-8,10-13H2,1-2H3. The van der Waals surface area contributed by atoms with Gasteiger partial charge >= 0.3 is 5.69 Å². The van der Waals surface area contributed by atoms with Crippen LogP contribution < -0.4 is 5.69 Å². The number of amides is 2. The predicted octanol–water partition coefficient (Wildman–Crippen LogP) is 0.825. The molecule has 0 aliphatic carbocycles. The summed E-state index contributed by atoms with van der Waals surface area (Å²) in [6.45, 7) is 1.48. The zero-order valence-corrected chi connectivity index (χ0v) is 17.3. The number of nitrogens with zero attached hydrogens (tertiary/aromatic N) is 3. The number of aryl methyl sites for hydroxylation is 2. The number of hydrogen-bond donors (Lipinski definition) is 0. The van der Waals surface area contributed by atoms with E-state index in [1.165, 1.54) is 11.6 Å². The predicted molar refractivity (Wildman–Crippen MR) is 109 cm³/mol. The molecule has 0 N–H and O–H groups in total. The van der Waals surface area contributed by atoms with Crippen LogP contribution in [0.5, 0.6) is 0 Å². The van der Waals surface area contributed by atoms with Crippen molar-refractivity contribution in [3.05, 3.63) is 34.2 Å². The van der Waals surface area contributed by atoms with Gasteiger partial charge < -0.3 is 14.3 Å². The summed E-state index contributed by atoms with van der Waals surface area (Å²) in [6.07, 6.45) is 2.87. The van der Waals surface area contributed by atoms with E-state index in [0.717, 1.165) is 28.8 Å². The van der Waals surface area contributed by atoms with Gasteiger partial charge in [0.15, 0.2) is 0 Å². The number of imidazole rings is 1. The smallest absolute Gasteiger partial charge is 0.329 e. The maximum atomic E-state index is 12.9. The van der Waals surface area contributed by atoms with E-state index in [4.69, 9.17) is 9.47 Å². The largest absolute Gasteiger partial charge is 0.379 e. The van der Waals surface area contributed by atoms with E-state index in [0.29, 0.717) is 38.0 Å². The van der Waals surface area contributed by atoms with Crippen molar-refractivity contribution in [1.82, 2.24) is 14.0 Å². The van der Waals surface area contributed by atoms with Crippen molar-refractivity contribution in [2.75, 3.05) is 33.5 Å². The van der Waals surface area contributed by atoms with Crippen LogP contribution in [0.2, 0.25) is 0 Å². The Morgan fingerprint density at radius 2 is 1.83 bits per heavy atom. The Labute approximate surface area is 174 Å². The summed E-state index contributed by atoms with van der Waals surface area (Å²) in [4.78, 5) is 48.5. The Bertz CT molecular complexity index is 993. The lowest BCUT2D eigenvalue weighted by atomic mass is 10.0. The highest BCUT2D eigenvalue weighted by molar-refractivity contribution is 5.99. The first kappa shape index (κ1) is 21.9. The van der Waals surface area contributed by atoms with Crippen LogP contribution in [0.1, 0.15) is 30.9 Å². The highest BCUT2D eigenvalue weighted by Gasteiger charge is 2.35. The van der Waals surface area contributed by atoms with Crippen molar-refractivity contribution in [3.63, 3.8) is 0 Å². The fraction of sp³-hybridized carbons (Fsp3) is 0.524. The minimum atomic E-state index is -0.662. The first-order valence-corrected chi connectivity index (χ1v) is 10.0. The van der Waals surface area contributed by atoms with Crippen molar-refractivity contribution >= 4 is 29.1 Å². The molecule has 0 saturated carbocycles. The minimum absolute atomic E-state index is 0.0841. The third-order valence-electron chi connectivity index (χ3n) is 5.40. The van der Waals surface area contributed by atoms with E-state index in [-0.39, 0.29) is 30.5 Å². The molecule has 9 heteroatoms. The number of aromatic nitrogens is 2. The zero-order valence-electron chi connectivity index (χ0n) is 17.3. The van der Waals surface area contributed by atoms with Gasteiger partial charge in [0, 0.05) is 27.1 Å². The lowest BCUT2D eigenvalue weighted by molar-refractivity contribution is -0.149. The molecule has 1 aromatic carbocycles. The Morgan fingerprint density at radius 1 is 1.07 bits per heavy atom. The van der Waals surface area contributed by atoms with Gasteiger partial charge in [0.1, 0.15) is 18.9 Å². The van der Waals surface area contributed by atoms with Gasteiger partial charge in [-0.25, -0.2) is 4.79 Å². The molecule has 0 bridgehead atoms. The molecular formula is C21H27N3O6. The summed E-state index contributed by atoms with van der Waals surface area (Å²) in [5.74, 6) is -0.566. The number of imide groups is 1. The van der Waals surface area contributed by atoms with E-state index in [9.17, 15) is 19.2 Å². The number of carbonyl (C=O) groups is 3. The van der Waals surface area contributed by atoms with E-state index in [1.54, 1.807) is 11.6 Å². The van der Waals surface area contributed by atoms with E-state index < -0.39 is 6.04 Å². The van der Waals surface area contributed by atoms with Crippen LogP contribution in [0.4, 0.5) is 0 Å². The molecule has 3 rings (SSSR count). The summed E-state index contributed by atoms with van der Waals surface area (Å²) in [7, 11) is 3.15. The van der Waals surface area contributed by atoms with Crippen molar-refractivity contribution in [1.29, 1.82) is 0 Å². The molecule has 1 aliphatic rings. The normalized spacial score (nSPS) is 17.1. The Kier molecular flexibility index (Phi) is 7.17. The number of aldehydes is 1. The van der Waals surface area contributed by atoms with Gasteiger partial charge in [-0.15, -0.1) is 0 Å². The van der Waals surface area contributed by atoms with Gasteiger partial charge in [0.05, 0.1) is 24.2 Å². The number of ether oxygens (including phenoxy) is 2. The second kappa shape index (κ2) is 9.82. The Hall–Kier alpha value is -2.78. The number of fused-ring (bicyclic) bond motifs is 1. The molecule has 1 aliphatic heterocycles. The van der Waals surface area contributed by atoms with Gasteiger partial charge in [0.2, 0.25) is 5.91 Å². The van der Waals surface area contributed by atoms with Crippen molar-refractivity contribution in [3.8, 4) is 0 Å². The van der Waals surface area contributed by atoms with Crippen LogP contribution in [0, 0.1) is 0 Å². The average molecular weight is 417 g/mol. The Balaban J connectivity index is 1.68. The van der Waals surface area contributed by atoms with Gasteiger partial charge in [-0.1, -0.05) is 6.07 Å². The van der Waals surface area contributed by atoms with Gasteiger partial charge in [-0.3, -0.25) is 23.6 Å². The molecule has 1 unspecified atom stereocenters.